The molecule has 0 spiro atoms. The topological polar surface area (TPSA) is 94.2 Å². The fraction of sp³-hybridized carbons (Fsp3) is 0.550. The second kappa shape index (κ2) is 7.79. The van der Waals surface area contributed by atoms with Crippen LogP contribution >= 0.6 is 0 Å². The van der Waals surface area contributed by atoms with Crippen molar-refractivity contribution in [2.24, 2.45) is 0 Å². The first-order chi connectivity index (χ1) is 12.9. The van der Waals surface area contributed by atoms with Crippen molar-refractivity contribution in [1.82, 2.24) is 0 Å². The molecular weight excluding hydrogens is 364 g/mol. The maximum absolute atomic E-state index is 12.9. The molecule has 1 heterocycles. The number of amides is 2. The standard InChI is InChI=1S/C20H28N2O6/c1-19(2,3)28-18(25)21-14-11-13-15(10-12(14)16(23)27-7)22(5)17(24)20(13,4)8-9-26-6/h10-11H,8-9H2,1-7H3,(H,21,25). The summed E-state index contributed by atoms with van der Waals surface area (Å²) in [5.74, 6) is -0.731. The Hall–Kier alpha value is -2.61. The largest absolute Gasteiger partial charge is 0.465 e. The van der Waals surface area contributed by atoms with Crippen LogP contribution in [0.25, 0.3) is 0 Å². The second-order valence-corrected chi connectivity index (χ2v) is 7.97. The first kappa shape index (κ1) is 21.7. The number of fused-ring (bicyclic) bond motifs is 1. The fourth-order valence-electron chi connectivity index (χ4n) is 3.25. The van der Waals surface area contributed by atoms with Gasteiger partial charge in [0.1, 0.15) is 5.60 Å². The van der Waals surface area contributed by atoms with Gasteiger partial charge in [0, 0.05) is 26.5 Å². The van der Waals surface area contributed by atoms with E-state index in [4.69, 9.17) is 14.2 Å². The molecule has 1 aromatic rings. The number of esters is 1. The molecule has 0 aliphatic carbocycles. The zero-order chi connectivity index (χ0) is 21.3. The Balaban J connectivity index is 2.55. The van der Waals surface area contributed by atoms with Crippen molar-refractivity contribution in [3.8, 4) is 0 Å². The first-order valence-corrected chi connectivity index (χ1v) is 8.98. The van der Waals surface area contributed by atoms with Crippen molar-refractivity contribution in [3.05, 3.63) is 23.3 Å². The number of likely N-dealkylation sites (N-methyl/N-ethyl adjacent to an activating group) is 1. The van der Waals surface area contributed by atoms with Crippen molar-refractivity contribution in [3.63, 3.8) is 0 Å². The zero-order valence-electron chi connectivity index (χ0n) is 17.5. The van der Waals surface area contributed by atoms with E-state index < -0.39 is 23.1 Å². The van der Waals surface area contributed by atoms with Gasteiger partial charge in [-0.15, -0.1) is 0 Å². The van der Waals surface area contributed by atoms with E-state index in [2.05, 4.69) is 5.32 Å². The van der Waals surface area contributed by atoms with Crippen LogP contribution in [-0.2, 0) is 24.4 Å². The molecule has 1 aliphatic rings. The summed E-state index contributed by atoms with van der Waals surface area (Å²) in [5.41, 5.74) is 0.137. The third-order valence-electron chi connectivity index (χ3n) is 4.72. The van der Waals surface area contributed by atoms with Gasteiger partial charge >= 0.3 is 12.1 Å². The number of anilines is 2. The number of carbonyl (C=O) groups is 3. The summed E-state index contributed by atoms with van der Waals surface area (Å²) < 4.78 is 15.3. The van der Waals surface area contributed by atoms with Crippen LogP contribution in [0.4, 0.5) is 16.2 Å². The summed E-state index contributed by atoms with van der Waals surface area (Å²) in [6.07, 6.45) is -0.239. The minimum absolute atomic E-state index is 0.107. The van der Waals surface area contributed by atoms with Crippen molar-refractivity contribution in [2.75, 3.05) is 38.1 Å². The molecule has 28 heavy (non-hydrogen) atoms. The summed E-state index contributed by atoms with van der Waals surface area (Å²) in [5, 5.41) is 2.61. The molecule has 154 valence electrons. The fourth-order valence-corrected chi connectivity index (χ4v) is 3.25. The molecule has 2 rings (SSSR count). The molecule has 1 unspecified atom stereocenters. The molecule has 2 amide bonds. The number of ether oxygens (including phenoxy) is 3. The SMILES string of the molecule is COCCC1(C)C(=O)N(C)c2cc(C(=O)OC)c(NC(=O)OC(C)(C)C)cc21. The van der Waals surface area contributed by atoms with E-state index in [1.807, 2.05) is 6.92 Å². The van der Waals surface area contributed by atoms with E-state index in [0.29, 0.717) is 24.3 Å². The van der Waals surface area contributed by atoms with Crippen LogP contribution in [0.1, 0.15) is 50.0 Å². The molecule has 0 aromatic heterocycles. The van der Waals surface area contributed by atoms with Gasteiger partial charge in [0.05, 0.1) is 23.8 Å². The number of nitrogens with zero attached hydrogens (tertiary/aromatic N) is 1. The number of carbonyl (C=O) groups excluding carboxylic acids is 3. The van der Waals surface area contributed by atoms with Gasteiger partial charge in [0.2, 0.25) is 5.91 Å². The summed E-state index contributed by atoms with van der Waals surface area (Å²) >= 11 is 0. The lowest BCUT2D eigenvalue weighted by molar-refractivity contribution is -0.123. The average Bonchev–Trinajstić information content (AvgIpc) is 2.78. The molecular formula is C20H28N2O6. The monoisotopic (exact) mass is 392 g/mol. The number of nitrogens with one attached hydrogen (secondary N) is 1. The minimum atomic E-state index is -0.834. The van der Waals surface area contributed by atoms with Gasteiger partial charge in [-0.25, -0.2) is 9.59 Å². The Morgan fingerprint density at radius 2 is 1.86 bits per heavy atom. The molecule has 0 fully saturated rings. The Labute approximate surface area is 165 Å². The smallest absolute Gasteiger partial charge is 0.412 e. The predicted octanol–water partition coefficient (Wildman–Crippen LogP) is 3.09. The van der Waals surface area contributed by atoms with Crippen LogP contribution in [0.15, 0.2) is 12.1 Å². The molecule has 1 aromatic carbocycles. The number of benzene rings is 1. The van der Waals surface area contributed by atoms with Gasteiger partial charge in [-0.3, -0.25) is 10.1 Å². The number of rotatable bonds is 5. The lowest BCUT2D eigenvalue weighted by atomic mass is 9.80. The molecule has 1 atom stereocenters. The molecule has 0 saturated carbocycles. The van der Waals surface area contributed by atoms with Gasteiger partial charge in [0.15, 0.2) is 0 Å². The van der Waals surface area contributed by atoms with Crippen LogP contribution in [0.3, 0.4) is 0 Å². The minimum Gasteiger partial charge on any atom is -0.465 e. The lowest BCUT2D eigenvalue weighted by Crippen LogP contribution is -2.37. The summed E-state index contributed by atoms with van der Waals surface area (Å²) in [4.78, 5) is 39.0. The van der Waals surface area contributed by atoms with Gasteiger partial charge < -0.3 is 19.1 Å². The van der Waals surface area contributed by atoms with Crippen molar-refractivity contribution < 1.29 is 28.6 Å². The first-order valence-electron chi connectivity index (χ1n) is 8.98. The summed E-state index contributed by atoms with van der Waals surface area (Å²) in [7, 11) is 4.48. The van der Waals surface area contributed by atoms with Crippen LogP contribution in [0.5, 0.6) is 0 Å². The maximum atomic E-state index is 12.9. The van der Waals surface area contributed by atoms with E-state index in [-0.39, 0.29) is 17.2 Å². The quantitative estimate of drug-likeness (QED) is 0.774. The third kappa shape index (κ3) is 4.11. The Morgan fingerprint density at radius 3 is 2.39 bits per heavy atom. The van der Waals surface area contributed by atoms with Crippen LogP contribution in [0, 0.1) is 0 Å². The van der Waals surface area contributed by atoms with Gasteiger partial charge in [-0.2, -0.15) is 0 Å². The highest BCUT2D eigenvalue weighted by Gasteiger charge is 2.46. The van der Waals surface area contributed by atoms with E-state index in [1.54, 1.807) is 47.1 Å². The van der Waals surface area contributed by atoms with Gasteiger partial charge in [-0.05, 0) is 51.8 Å². The number of hydrogen-bond donors (Lipinski definition) is 1. The van der Waals surface area contributed by atoms with E-state index in [9.17, 15) is 14.4 Å². The molecule has 8 nitrogen and oxygen atoms in total. The third-order valence-corrected chi connectivity index (χ3v) is 4.72. The van der Waals surface area contributed by atoms with Crippen molar-refractivity contribution in [1.29, 1.82) is 0 Å². The Kier molecular flexibility index (Phi) is 6.03. The highest BCUT2D eigenvalue weighted by molar-refractivity contribution is 6.10. The molecule has 0 bridgehead atoms. The molecule has 1 N–H and O–H groups in total. The summed E-state index contributed by atoms with van der Waals surface area (Å²) in [6, 6.07) is 3.20. The maximum Gasteiger partial charge on any atom is 0.412 e. The average molecular weight is 392 g/mol. The van der Waals surface area contributed by atoms with Crippen molar-refractivity contribution in [2.45, 2.75) is 45.1 Å². The molecule has 0 saturated heterocycles. The Morgan fingerprint density at radius 1 is 1.21 bits per heavy atom. The van der Waals surface area contributed by atoms with Crippen molar-refractivity contribution >= 4 is 29.3 Å². The highest BCUT2D eigenvalue weighted by atomic mass is 16.6. The van der Waals surface area contributed by atoms with Gasteiger partial charge in [-0.1, -0.05) is 0 Å². The Bertz CT molecular complexity index is 799. The predicted molar refractivity (Wildman–Crippen MR) is 105 cm³/mol. The molecule has 8 heteroatoms. The van der Waals surface area contributed by atoms with Crippen LogP contribution in [0.2, 0.25) is 0 Å². The van der Waals surface area contributed by atoms with E-state index >= 15 is 0 Å². The molecule has 0 radical (unpaired) electrons. The normalized spacial score (nSPS) is 18.7. The summed E-state index contributed by atoms with van der Waals surface area (Å²) in [6.45, 7) is 7.44. The van der Waals surface area contributed by atoms with Gasteiger partial charge in [0.25, 0.3) is 0 Å². The van der Waals surface area contributed by atoms with E-state index in [0.717, 1.165) is 0 Å². The van der Waals surface area contributed by atoms with E-state index in [1.165, 1.54) is 12.0 Å². The lowest BCUT2D eigenvalue weighted by Gasteiger charge is -2.24. The second-order valence-electron chi connectivity index (χ2n) is 7.97. The number of methoxy groups -OCH3 is 2. The zero-order valence-corrected chi connectivity index (χ0v) is 17.5. The van der Waals surface area contributed by atoms with Crippen LogP contribution in [-0.4, -0.2) is 51.4 Å². The molecule has 1 aliphatic heterocycles. The number of hydrogen-bond acceptors (Lipinski definition) is 6. The van der Waals surface area contributed by atoms with Crippen LogP contribution < -0.4 is 10.2 Å². The highest BCUT2D eigenvalue weighted by Crippen LogP contribution is 2.45.